The largest absolute Gasteiger partial charge is 0.407 e. The highest BCUT2D eigenvalue weighted by molar-refractivity contribution is 6.37. The molecule has 0 bridgehead atoms. The van der Waals surface area contributed by atoms with Gasteiger partial charge in [-0.25, -0.2) is 0 Å². The lowest BCUT2D eigenvalue weighted by Crippen LogP contribution is -2.25. The Hall–Kier alpha value is -1.20. The number of alkyl halides is 2. The van der Waals surface area contributed by atoms with Crippen LogP contribution in [0.4, 0.5) is 8.78 Å². The Morgan fingerprint density at radius 3 is 2.55 bits per heavy atom. The fourth-order valence-electron chi connectivity index (χ4n) is 0.341. The standard InChI is InChI=1S/C5H8F2N2O2/c1-3(4(10)8-2)9-11-5(6)7/h5H,1-2H3,(H,8,10)/b9-3+. The van der Waals surface area contributed by atoms with E-state index in [1.807, 2.05) is 0 Å². The number of oxime groups is 1. The Bertz CT molecular complexity index is 170. The van der Waals surface area contributed by atoms with Crippen LogP contribution in [0, 0.1) is 0 Å². The monoisotopic (exact) mass is 166 g/mol. The van der Waals surface area contributed by atoms with Crippen LogP contribution in [0.25, 0.3) is 0 Å². The molecule has 0 rings (SSSR count). The molecule has 0 aromatic rings. The molecule has 0 heterocycles. The molecule has 0 spiro atoms. The first kappa shape index (κ1) is 9.80. The number of halogens is 2. The average Bonchev–Trinajstić information content (AvgIpc) is 1.98. The van der Waals surface area contributed by atoms with Gasteiger partial charge < -0.3 is 10.2 Å². The highest BCUT2D eigenvalue weighted by atomic mass is 19.3. The summed E-state index contributed by atoms with van der Waals surface area (Å²) in [7, 11) is 1.36. The highest BCUT2D eigenvalue weighted by Crippen LogP contribution is 1.94. The van der Waals surface area contributed by atoms with Crippen LogP contribution in [0.3, 0.4) is 0 Å². The first-order valence-electron chi connectivity index (χ1n) is 2.78. The van der Waals surface area contributed by atoms with Crippen LogP contribution >= 0.6 is 0 Å². The summed E-state index contributed by atoms with van der Waals surface area (Å²) in [6, 6.07) is 0. The van der Waals surface area contributed by atoms with Gasteiger partial charge >= 0.3 is 6.61 Å². The van der Waals surface area contributed by atoms with Gasteiger partial charge in [-0.3, -0.25) is 4.79 Å². The Kier molecular flexibility index (Phi) is 4.09. The number of nitrogens with zero attached hydrogens (tertiary/aromatic N) is 1. The Labute approximate surface area is 62.2 Å². The summed E-state index contributed by atoms with van der Waals surface area (Å²) in [4.78, 5) is 14.1. The number of nitrogens with one attached hydrogen (secondary N) is 1. The lowest BCUT2D eigenvalue weighted by molar-refractivity contribution is -0.129. The van der Waals surface area contributed by atoms with Gasteiger partial charge in [0.25, 0.3) is 5.91 Å². The van der Waals surface area contributed by atoms with Gasteiger partial charge in [0, 0.05) is 7.05 Å². The van der Waals surface area contributed by atoms with E-state index < -0.39 is 12.5 Å². The zero-order valence-corrected chi connectivity index (χ0v) is 6.10. The number of amides is 1. The molecule has 64 valence electrons. The summed E-state index contributed by atoms with van der Waals surface area (Å²) < 4.78 is 22.6. The SMILES string of the molecule is CNC(=O)/C(C)=N/OC(F)F. The van der Waals surface area contributed by atoms with Crippen LogP contribution in [0.15, 0.2) is 5.16 Å². The average molecular weight is 166 g/mol. The van der Waals surface area contributed by atoms with E-state index in [2.05, 4.69) is 15.3 Å². The minimum absolute atomic E-state index is 0.146. The van der Waals surface area contributed by atoms with Gasteiger partial charge in [0.2, 0.25) is 0 Å². The second kappa shape index (κ2) is 4.59. The third kappa shape index (κ3) is 4.24. The maximum atomic E-state index is 11.3. The first-order valence-corrected chi connectivity index (χ1v) is 2.78. The molecule has 0 atom stereocenters. The summed E-state index contributed by atoms with van der Waals surface area (Å²) in [5.41, 5.74) is -0.146. The predicted octanol–water partition coefficient (Wildman–Crippen LogP) is 0.347. The molecule has 0 aliphatic heterocycles. The second-order valence-electron chi connectivity index (χ2n) is 1.62. The number of carbonyl (C=O) groups is 1. The summed E-state index contributed by atoms with van der Waals surface area (Å²) in [5.74, 6) is -0.550. The van der Waals surface area contributed by atoms with Crippen LogP contribution in [0.1, 0.15) is 6.92 Å². The zero-order valence-electron chi connectivity index (χ0n) is 6.10. The summed E-state index contributed by atoms with van der Waals surface area (Å²) in [6.45, 7) is -1.73. The third-order valence-corrected chi connectivity index (χ3v) is 0.825. The van der Waals surface area contributed by atoms with Crippen molar-refractivity contribution in [2.75, 3.05) is 7.05 Å². The smallest absolute Gasteiger partial charge is 0.354 e. The predicted molar refractivity (Wildman–Crippen MR) is 34.3 cm³/mol. The fraction of sp³-hybridized carbons (Fsp3) is 0.600. The van der Waals surface area contributed by atoms with Gasteiger partial charge in [0.05, 0.1) is 0 Å². The lowest BCUT2D eigenvalue weighted by Gasteiger charge is -1.98. The highest BCUT2D eigenvalue weighted by Gasteiger charge is 2.05. The molecule has 0 aliphatic carbocycles. The van der Waals surface area contributed by atoms with Crippen LogP contribution in [0.5, 0.6) is 0 Å². The van der Waals surface area contributed by atoms with Gasteiger partial charge in [-0.05, 0) is 6.92 Å². The quantitative estimate of drug-likeness (QED) is 0.485. The van der Waals surface area contributed by atoms with Crippen molar-refractivity contribution in [3.05, 3.63) is 0 Å². The number of rotatable bonds is 3. The van der Waals surface area contributed by atoms with E-state index in [4.69, 9.17) is 0 Å². The molecule has 0 unspecified atom stereocenters. The van der Waals surface area contributed by atoms with Crippen LogP contribution in [-0.4, -0.2) is 25.3 Å². The molecule has 0 saturated carbocycles. The van der Waals surface area contributed by atoms with Crippen molar-refractivity contribution in [2.24, 2.45) is 5.16 Å². The minimum atomic E-state index is -2.99. The molecular weight excluding hydrogens is 158 g/mol. The van der Waals surface area contributed by atoms with E-state index in [0.29, 0.717) is 0 Å². The van der Waals surface area contributed by atoms with Crippen molar-refractivity contribution in [3.8, 4) is 0 Å². The third-order valence-electron chi connectivity index (χ3n) is 0.825. The molecular formula is C5H8F2N2O2. The van der Waals surface area contributed by atoms with E-state index in [9.17, 15) is 13.6 Å². The number of hydrogen-bond donors (Lipinski definition) is 1. The molecule has 4 nitrogen and oxygen atoms in total. The molecule has 11 heavy (non-hydrogen) atoms. The van der Waals surface area contributed by atoms with Gasteiger partial charge in [0.15, 0.2) is 0 Å². The molecule has 1 amide bonds. The lowest BCUT2D eigenvalue weighted by atomic mass is 10.4. The first-order chi connectivity index (χ1) is 5.07. The Morgan fingerprint density at radius 2 is 2.18 bits per heavy atom. The summed E-state index contributed by atoms with van der Waals surface area (Å²) in [6.07, 6.45) is 0. The van der Waals surface area contributed by atoms with Crippen LogP contribution in [-0.2, 0) is 9.63 Å². The van der Waals surface area contributed by atoms with Crippen molar-refractivity contribution in [1.82, 2.24) is 5.32 Å². The summed E-state index contributed by atoms with van der Waals surface area (Å²) in [5, 5.41) is 5.04. The Morgan fingerprint density at radius 1 is 1.64 bits per heavy atom. The van der Waals surface area contributed by atoms with E-state index in [0.717, 1.165) is 0 Å². The van der Waals surface area contributed by atoms with Crippen LogP contribution in [0.2, 0.25) is 0 Å². The van der Waals surface area contributed by atoms with Gasteiger partial charge in [-0.15, -0.1) is 0 Å². The van der Waals surface area contributed by atoms with E-state index >= 15 is 0 Å². The molecule has 0 saturated heterocycles. The van der Waals surface area contributed by atoms with Gasteiger partial charge in [-0.2, -0.15) is 8.78 Å². The molecule has 0 aromatic carbocycles. The van der Waals surface area contributed by atoms with Crippen molar-refractivity contribution in [1.29, 1.82) is 0 Å². The molecule has 6 heteroatoms. The van der Waals surface area contributed by atoms with Gasteiger partial charge in [-0.1, -0.05) is 5.16 Å². The topological polar surface area (TPSA) is 50.7 Å². The molecule has 0 aromatic heterocycles. The van der Waals surface area contributed by atoms with Crippen molar-refractivity contribution >= 4 is 11.6 Å². The molecule has 1 N–H and O–H groups in total. The molecule has 0 radical (unpaired) electrons. The fourth-order valence-corrected chi connectivity index (χ4v) is 0.341. The zero-order chi connectivity index (χ0) is 8.85. The summed E-state index contributed by atoms with van der Waals surface area (Å²) >= 11 is 0. The maximum absolute atomic E-state index is 11.3. The number of hydrogen-bond acceptors (Lipinski definition) is 3. The maximum Gasteiger partial charge on any atom is 0.407 e. The van der Waals surface area contributed by atoms with E-state index in [-0.39, 0.29) is 5.71 Å². The van der Waals surface area contributed by atoms with E-state index in [1.54, 1.807) is 0 Å². The van der Waals surface area contributed by atoms with Crippen molar-refractivity contribution in [3.63, 3.8) is 0 Å². The minimum Gasteiger partial charge on any atom is -0.354 e. The normalized spacial score (nSPS) is 11.5. The number of carbonyl (C=O) groups excluding carboxylic acids is 1. The second-order valence-corrected chi connectivity index (χ2v) is 1.62. The molecule has 0 fully saturated rings. The van der Waals surface area contributed by atoms with Crippen molar-refractivity contribution < 1.29 is 18.4 Å². The van der Waals surface area contributed by atoms with Crippen LogP contribution < -0.4 is 5.32 Å². The van der Waals surface area contributed by atoms with E-state index in [1.165, 1.54) is 14.0 Å². The molecule has 0 aliphatic rings. The van der Waals surface area contributed by atoms with Crippen molar-refractivity contribution in [2.45, 2.75) is 13.5 Å². The Balaban J connectivity index is 3.90. The van der Waals surface area contributed by atoms with Gasteiger partial charge in [0.1, 0.15) is 5.71 Å².